The van der Waals surface area contributed by atoms with Gasteiger partial charge in [-0.05, 0) is 36.2 Å². The summed E-state index contributed by atoms with van der Waals surface area (Å²) in [6, 6.07) is 9.40. The van der Waals surface area contributed by atoms with Gasteiger partial charge in [-0.3, -0.25) is 4.79 Å². The predicted octanol–water partition coefficient (Wildman–Crippen LogP) is 2.09. The second kappa shape index (κ2) is 5.38. The minimum atomic E-state index is -0.592. The lowest BCUT2D eigenvalue weighted by Crippen LogP contribution is -2.23. The Balaban J connectivity index is 2.44. The Morgan fingerprint density at radius 2 is 2.00 bits per heavy atom. The zero-order valence-electron chi connectivity index (χ0n) is 10.7. The van der Waals surface area contributed by atoms with Gasteiger partial charge in [-0.2, -0.15) is 10.5 Å². The number of rotatable bonds is 2. The molecule has 1 aromatic heterocycles. The average molecular weight is 267 g/mol. The van der Waals surface area contributed by atoms with Crippen LogP contribution < -0.4 is 5.56 Å². The highest BCUT2D eigenvalue weighted by molar-refractivity contribution is 5.36. The Labute approximate surface area is 114 Å². The van der Waals surface area contributed by atoms with E-state index in [2.05, 4.69) is 0 Å². The minimum Gasteiger partial charge on any atom is -0.310 e. The standard InChI is InChI=1S/C15H10FN3O/c1-10-4-5-19(15(20)13(10)8-18)9-11-2-3-14(16)12(6-11)7-17/h2-6H,9H2,1H3. The zero-order chi connectivity index (χ0) is 14.7. The molecule has 5 heteroatoms. The lowest BCUT2D eigenvalue weighted by atomic mass is 10.1. The third-order valence-corrected chi connectivity index (χ3v) is 2.99. The van der Waals surface area contributed by atoms with Crippen molar-refractivity contribution in [2.45, 2.75) is 13.5 Å². The van der Waals surface area contributed by atoms with Crippen molar-refractivity contribution in [3.63, 3.8) is 0 Å². The van der Waals surface area contributed by atoms with Crippen molar-refractivity contribution in [2.24, 2.45) is 0 Å². The summed E-state index contributed by atoms with van der Waals surface area (Å²) in [6.45, 7) is 1.87. The molecule has 0 atom stereocenters. The maximum atomic E-state index is 13.2. The number of aromatic nitrogens is 1. The Bertz CT molecular complexity index is 809. The van der Waals surface area contributed by atoms with Gasteiger partial charge in [0.25, 0.3) is 5.56 Å². The summed E-state index contributed by atoms with van der Waals surface area (Å²) in [4.78, 5) is 12.0. The Kier molecular flexibility index (Phi) is 3.63. The molecule has 0 saturated heterocycles. The molecule has 0 amide bonds. The summed E-state index contributed by atoms with van der Waals surface area (Å²) in [7, 11) is 0. The number of pyridine rings is 1. The van der Waals surface area contributed by atoms with Crippen LogP contribution in [0.3, 0.4) is 0 Å². The molecule has 98 valence electrons. The van der Waals surface area contributed by atoms with E-state index in [4.69, 9.17) is 10.5 Å². The van der Waals surface area contributed by atoms with Gasteiger partial charge < -0.3 is 4.57 Å². The summed E-state index contributed by atoms with van der Waals surface area (Å²) in [5.41, 5.74) is 0.872. The SMILES string of the molecule is Cc1ccn(Cc2ccc(F)c(C#N)c2)c(=O)c1C#N. The molecule has 0 aliphatic heterocycles. The monoisotopic (exact) mass is 267 g/mol. The maximum absolute atomic E-state index is 13.2. The Morgan fingerprint density at radius 3 is 2.65 bits per heavy atom. The maximum Gasteiger partial charge on any atom is 0.269 e. The molecular weight excluding hydrogens is 257 g/mol. The van der Waals surface area contributed by atoms with Crippen LogP contribution in [0.15, 0.2) is 35.3 Å². The molecule has 0 fully saturated rings. The first-order valence-corrected chi connectivity index (χ1v) is 5.85. The molecule has 0 bridgehead atoms. The van der Waals surface area contributed by atoms with Gasteiger partial charge in [0.2, 0.25) is 0 Å². The summed E-state index contributed by atoms with van der Waals surface area (Å²) in [5, 5.41) is 17.7. The number of nitriles is 2. The van der Waals surface area contributed by atoms with Gasteiger partial charge in [0.1, 0.15) is 23.5 Å². The molecule has 2 aromatic rings. The molecule has 1 heterocycles. The van der Waals surface area contributed by atoms with Crippen LogP contribution >= 0.6 is 0 Å². The summed E-state index contributed by atoms with van der Waals surface area (Å²) in [5.74, 6) is -0.592. The number of nitrogens with zero attached hydrogens (tertiary/aromatic N) is 3. The topological polar surface area (TPSA) is 69.6 Å². The van der Waals surface area contributed by atoms with Crippen molar-refractivity contribution in [1.29, 1.82) is 10.5 Å². The van der Waals surface area contributed by atoms with Gasteiger partial charge in [-0.25, -0.2) is 4.39 Å². The molecular formula is C15H10FN3O. The summed E-state index contributed by atoms with van der Waals surface area (Å²) < 4.78 is 14.6. The molecule has 0 spiro atoms. The second-order valence-corrected chi connectivity index (χ2v) is 4.34. The molecule has 0 saturated carbocycles. The number of aryl methyl sites for hydroxylation is 1. The number of hydrogen-bond acceptors (Lipinski definition) is 3. The quantitative estimate of drug-likeness (QED) is 0.836. The van der Waals surface area contributed by atoms with E-state index in [1.165, 1.54) is 22.8 Å². The van der Waals surface area contributed by atoms with Crippen LogP contribution in [0.1, 0.15) is 22.3 Å². The van der Waals surface area contributed by atoms with Crippen LogP contribution in [0.5, 0.6) is 0 Å². The van der Waals surface area contributed by atoms with Crippen molar-refractivity contribution < 1.29 is 4.39 Å². The molecule has 0 radical (unpaired) electrons. The number of halogens is 1. The number of hydrogen-bond donors (Lipinski definition) is 0. The lowest BCUT2D eigenvalue weighted by Gasteiger charge is -2.08. The van der Waals surface area contributed by atoms with Crippen molar-refractivity contribution in [2.75, 3.05) is 0 Å². The Morgan fingerprint density at radius 1 is 1.25 bits per heavy atom. The van der Waals surface area contributed by atoms with E-state index in [1.807, 2.05) is 6.07 Å². The van der Waals surface area contributed by atoms with Crippen molar-refractivity contribution >= 4 is 0 Å². The fourth-order valence-electron chi connectivity index (χ4n) is 1.88. The average Bonchev–Trinajstić information content (AvgIpc) is 2.44. The van der Waals surface area contributed by atoms with Crippen molar-refractivity contribution in [3.05, 3.63) is 68.9 Å². The fraction of sp³-hybridized carbons (Fsp3) is 0.133. The van der Waals surface area contributed by atoms with Gasteiger partial charge in [-0.15, -0.1) is 0 Å². The smallest absolute Gasteiger partial charge is 0.269 e. The minimum absolute atomic E-state index is 0.0665. The van der Waals surface area contributed by atoms with E-state index in [1.54, 1.807) is 25.3 Å². The van der Waals surface area contributed by atoms with E-state index in [-0.39, 0.29) is 17.7 Å². The van der Waals surface area contributed by atoms with Crippen LogP contribution in [0.4, 0.5) is 4.39 Å². The molecule has 4 nitrogen and oxygen atoms in total. The van der Waals surface area contributed by atoms with Crippen LogP contribution in [-0.4, -0.2) is 4.57 Å². The normalized spacial score (nSPS) is 9.80. The summed E-state index contributed by atoms with van der Waals surface area (Å²) in [6.07, 6.45) is 1.58. The Hall–Kier alpha value is -2.92. The molecule has 20 heavy (non-hydrogen) atoms. The van der Waals surface area contributed by atoms with Crippen LogP contribution in [-0.2, 0) is 6.54 Å². The zero-order valence-corrected chi connectivity index (χ0v) is 10.7. The molecule has 0 aliphatic rings. The highest BCUT2D eigenvalue weighted by Crippen LogP contribution is 2.11. The summed E-state index contributed by atoms with van der Waals surface area (Å²) >= 11 is 0. The molecule has 2 rings (SSSR count). The number of benzene rings is 1. The van der Waals surface area contributed by atoms with Gasteiger partial charge in [0.15, 0.2) is 0 Å². The first-order chi connectivity index (χ1) is 9.56. The van der Waals surface area contributed by atoms with Gasteiger partial charge in [0, 0.05) is 6.20 Å². The first kappa shape index (κ1) is 13.5. The van der Waals surface area contributed by atoms with Crippen molar-refractivity contribution in [1.82, 2.24) is 4.57 Å². The highest BCUT2D eigenvalue weighted by atomic mass is 19.1. The third-order valence-electron chi connectivity index (χ3n) is 2.99. The third kappa shape index (κ3) is 2.43. The van der Waals surface area contributed by atoms with Gasteiger partial charge in [-0.1, -0.05) is 6.07 Å². The van der Waals surface area contributed by atoms with E-state index in [0.29, 0.717) is 11.1 Å². The predicted molar refractivity (Wildman–Crippen MR) is 70.4 cm³/mol. The second-order valence-electron chi connectivity index (χ2n) is 4.34. The fourth-order valence-corrected chi connectivity index (χ4v) is 1.88. The van der Waals surface area contributed by atoms with Gasteiger partial charge in [0.05, 0.1) is 12.1 Å². The van der Waals surface area contributed by atoms with E-state index >= 15 is 0 Å². The van der Waals surface area contributed by atoms with Crippen LogP contribution in [0.25, 0.3) is 0 Å². The van der Waals surface area contributed by atoms with E-state index < -0.39 is 11.4 Å². The molecule has 0 N–H and O–H groups in total. The molecule has 1 aromatic carbocycles. The van der Waals surface area contributed by atoms with Gasteiger partial charge >= 0.3 is 0 Å². The molecule has 0 aliphatic carbocycles. The molecule has 0 unspecified atom stereocenters. The highest BCUT2D eigenvalue weighted by Gasteiger charge is 2.08. The van der Waals surface area contributed by atoms with E-state index in [9.17, 15) is 9.18 Å². The van der Waals surface area contributed by atoms with Crippen LogP contribution in [0.2, 0.25) is 0 Å². The van der Waals surface area contributed by atoms with Crippen molar-refractivity contribution in [3.8, 4) is 12.1 Å². The lowest BCUT2D eigenvalue weighted by molar-refractivity contribution is 0.622. The largest absolute Gasteiger partial charge is 0.310 e. The first-order valence-electron chi connectivity index (χ1n) is 5.85. The van der Waals surface area contributed by atoms with E-state index in [0.717, 1.165) is 0 Å². The van der Waals surface area contributed by atoms with Crippen LogP contribution in [0, 0.1) is 35.4 Å².